The molecule has 0 saturated carbocycles. The monoisotopic (exact) mass is 160 g/mol. The molecule has 0 spiro atoms. The molecule has 0 rings (SSSR count). The van der Waals surface area contributed by atoms with Crippen molar-refractivity contribution in [3.05, 3.63) is 0 Å². The average molecular weight is 160 g/mol. The first kappa shape index (κ1) is 10.4. The Hall–Kier alpha value is -0.610. The van der Waals surface area contributed by atoms with E-state index < -0.39 is 12.0 Å². The van der Waals surface area contributed by atoms with Gasteiger partial charge in [-0.25, -0.2) is 0 Å². The van der Waals surface area contributed by atoms with Crippen molar-refractivity contribution in [3.8, 4) is 0 Å². The topological polar surface area (TPSA) is 89.3 Å². The normalized spacial score (nSPS) is 15.9. The van der Waals surface area contributed by atoms with Crippen LogP contribution in [0.5, 0.6) is 0 Å². The average Bonchev–Trinajstić information content (AvgIpc) is 1.87. The van der Waals surface area contributed by atoms with Crippen LogP contribution in [-0.4, -0.2) is 23.7 Å². The number of carboxylic acid groups (broad SMARTS) is 1. The Morgan fingerprint density at radius 3 is 2.55 bits per heavy atom. The van der Waals surface area contributed by atoms with E-state index in [4.69, 9.17) is 16.6 Å². The van der Waals surface area contributed by atoms with E-state index in [1.807, 2.05) is 6.92 Å². The molecule has 1 unspecified atom stereocenters. The molecule has 0 aliphatic heterocycles. The summed E-state index contributed by atoms with van der Waals surface area (Å²) in [7, 11) is 0. The van der Waals surface area contributed by atoms with Crippen LogP contribution in [0.25, 0.3) is 0 Å². The Kier molecular flexibility index (Phi) is 4.81. The van der Waals surface area contributed by atoms with Crippen LogP contribution in [0.2, 0.25) is 0 Å². The van der Waals surface area contributed by atoms with E-state index >= 15 is 0 Å². The van der Waals surface area contributed by atoms with Gasteiger partial charge in [-0.15, -0.1) is 0 Å². The highest BCUT2D eigenvalue weighted by molar-refractivity contribution is 5.72. The number of nitrogens with two attached hydrogens (primary N) is 2. The number of carbonyl (C=O) groups is 1. The summed E-state index contributed by atoms with van der Waals surface area (Å²) in [5.41, 5.74) is 10.6. The standard InChI is InChI=1S/C7H16N2O2/c1-5(2-3-8)4-6(9)7(10)11/h5-6H,2-4,8-9H2,1H3,(H,10,11)/t5?,6-/m0/s1. The van der Waals surface area contributed by atoms with Gasteiger partial charge in [0.25, 0.3) is 0 Å². The quantitative estimate of drug-likeness (QED) is 0.518. The fourth-order valence-electron chi connectivity index (χ4n) is 0.937. The Labute approximate surface area is 66.6 Å². The van der Waals surface area contributed by atoms with Crippen molar-refractivity contribution in [1.29, 1.82) is 0 Å². The molecule has 0 radical (unpaired) electrons. The highest BCUT2D eigenvalue weighted by Crippen LogP contribution is 2.07. The first-order valence-corrected chi connectivity index (χ1v) is 3.76. The molecule has 0 aromatic heterocycles. The molecule has 0 heterocycles. The largest absolute Gasteiger partial charge is 0.480 e. The minimum Gasteiger partial charge on any atom is -0.480 e. The Balaban J connectivity index is 3.56. The molecule has 4 heteroatoms. The Morgan fingerprint density at radius 1 is 1.64 bits per heavy atom. The summed E-state index contributed by atoms with van der Waals surface area (Å²) in [5.74, 6) is -0.639. The van der Waals surface area contributed by atoms with Crippen LogP contribution in [0, 0.1) is 5.92 Å². The molecule has 2 atom stereocenters. The molecule has 0 aliphatic carbocycles. The van der Waals surface area contributed by atoms with Gasteiger partial charge in [0.1, 0.15) is 6.04 Å². The fourth-order valence-corrected chi connectivity index (χ4v) is 0.937. The van der Waals surface area contributed by atoms with Crippen LogP contribution in [0.15, 0.2) is 0 Å². The second-order valence-corrected chi connectivity index (χ2v) is 2.86. The highest BCUT2D eigenvalue weighted by atomic mass is 16.4. The molecule has 0 saturated heterocycles. The number of hydrogen-bond donors (Lipinski definition) is 3. The van der Waals surface area contributed by atoms with Crippen LogP contribution in [0.1, 0.15) is 19.8 Å². The van der Waals surface area contributed by atoms with Gasteiger partial charge in [0.15, 0.2) is 0 Å². The van der Waals surface area contributed by atoms with Gasteiger partial charge in [-0.1, -0.05) is 6.92 Å². The van der Waals surface area contributed by atoms with Crippen molar-refractivity contribution in [2.75, 3.05) is 6.54 Å². The molecule has 5 N–H and O–H groups in total. The van der Waals surface area contributed by atoms with Gasteiger partial charge < -0.3 is 16.6 Å². The molecule has 11 heavy (non-hydrogen) atoms. The second-order valence-electron chi connectivity index (χ2n) is 2.86. The second kappa shape index (κ2) is 5.09. The van der Waals surface area contributed by atoms with E-state index in [9.17, 15) is 4.79 Å². The van der Waals surface area contributed by atoms with Gasteiger partial charge in [0.2, 0.25) is 0 Å². The van der Waals surface area contributed by atoms with Crippen molar-refractivity contribution in [1.82, 2.24) is 0 Å². The lowest BCUT2D eigenvalue weighted by Crippen LogP contribution is -2.32. The third-order valence-corrected chi connectivity index (χ3v) is 1.63. The molecular formula is C7H16N2O2. The molecule has 66 valence electrons. The molecular weight excluding hydrogens is 144 g/mol. The van der Waals surface area contributed by atoms with Crippen LogP contribution in [0.3, 0.4) is 0 Å². The molecule has 4 nitrogen and oxygen atoms in total. The number of rotatable bonds is 5. The zero-order valence-corrected chi connectivity index (χ0v) is 6.79. The summed E-state index contributed by atoms with van der Waals surface area (Å²) in [5, 5.41) is 8.44. The summed E-state index contributed by atoms with van der Waals surface area (Å²) in [6, 6.07) is -0.739. The SMILES string of the molecule is CC(CCN)C[C@H](N)C(=O)O. The third-order valence-electron chi connectivity index (χ3n) is 1.63. The lowest BCUT2D eigenvalue weighted by atomic mass is 9.99. The van der Waals surface area contributed by atoms with Gasteiger partial charge >= 0.3 is 5.97 Å². The molecule has 0 fully saturated rings. The van der Waals surface area contributed by atoms with Crippen LogP contribution < -0.4 is 11.5 Å². The summed E-state index contributed by atoms with van der Waals surface area (Å²) in [6.45, 7) is 2.54. The maximum Gasteiger partial charge on any atom is 0.320 e. The number of aliphatic carboxylic acids is 1. The number of carboxylic acids is 1. The Morgan fingerprint density at radius 2 is 2.18 bits per heavy atom. The van der Waals surface area contributed by atoms with Crippen molar-refractivity contribution in [2.24, 2.45) is 17.4 Å². The van der Waals surface area contributed by atoms with Crippen LogP contribution in [0.4, 0.5) is 0 Å². The first-order valence-electron chi connectivity index (χ1n) is 3.76. The minimum absolute atomic E-state index is 0.297. The fraction of sp³-hybridized carbons (Fsp3) is 0.857. The van der Waals surface area contributed by atoms with Crippen molar-refractivity contribution in [2.45, 2.75) is 25.8 Å². The smallest absolute Gasteiger partial charge is 0.320 e. The lowest BCUT2D eigenvalue weighted by molar-refractivity contribution is -0.138. The van der Waals surface area contributed by atoms with E-state index in [2.05, 4.69) is 0 Å². The molecule has 0 amide bonds. The molecule has 0 aliphatic rings. The van der Waals surface area contributed by atoms with Crippen LogP contribution in [-0.2, 0) is 4.79 Å². The third kappa shape index (κ3) is 4.75. The van der Waals surface area contributed by atoms with E-state index in [-0.39, 0.29) is 0 Å². The predicted molar refractivity (Wildman–Crippen MR) is 43.1 cm³/mol. The molecule has 0 aromatic carbocycles. The first-order chi connectivity index (χ1) is 5.07. The maximum absolute atomic E-state index is 10.3. The van der Waals surface area contributed by atoms with E-state index in [0.29, 0.717) is 18.9 Å². The van der Waals surface area contributed by atoms with Gasteiger partial charge in [-0.3, -0.25) is 4.79 Å². The zero-order valence-electron chi connectivity index (χ0n) is 6.79. The highest BCUT2D eigenvalue weighted by Gasteiger charge is 2.14. The molecule has 0 bridgehead atoms. The van der Waals surface area contributed by atoms with E-state index in [1.54, 1.807) is 0 Å². The van der Waals surface area contributed by atoms with E-state index in [1.165, 1.54) is 0 Å². The lowest BCUT2D eigenvalue weighted by Gasteiger charge is -2.12. The number of hydrogen-bond acceptors (Lipinski definition) is 3. The summed E-state index contributed by atoms with van der Waals surface area (Å²) >= 11 is 0. The Bertz CT molecular complexity index is 128. The summed E-state index contributed by atoms with van der Waals surface area (Å²) in [6.07, 6.45) is 1.34. The predicted octanol–water partition coefficient (Wildman–Crippen LogP) is -0.227. The molecule has 0 aromatic rings. The van der Waals surface area contributed by atoms with Crippen LogP contribution >= 0.6 is 0 Å². The van der Waals surface area contributed by atoms with E-state index in [0.717, 1.165) is 6.42 Å². The van der Waals surface area contributed by atoms with Gasteiger partial charge in [-0.05, 0) is 25.3 Å². The van der Waals surface area contributed by atoms with Gasteiger partial charge in [0.05, 0.1) is 0 Å². The van der Waals surface area contributed by atoms with Crippen molar-refractivity contribution >= 4 is 5.97 Å². The van der Waals surface area contributed by atoms with Gasteiger partial charge in [0, 0.05) is 0 Å². The zero-order chi connectivity index (χ0) is 8.85. The minimum atomic E-state index is -0.936. The summed E-state index contributed by atoms with van der Waals surface area (Å²) in [4.78, 5) is 10.3. The van der Waals surface area contributed by atoms with Gasteiger partial charge in [-0.2, -0.15) is 0 Å². The van der Waals surface area contributed by atoms with Crippen molar-refractivity contribution < 1.29 is 9.90 Å². The van der Waals surface area contributed by atoms with Crippen molar-refractivity contribution in [3.63, 3.8) is 0 Å². The summed E-state index contributed by atoms with van der Waals surface area (Å²) < 4.78 is 0. The maximum atomic E-state index is 10.3.